The maximum absolute atomic E-state index is 13.6. The normalized spacial score (nSPS) is 11.3. The topological polar surface area (TPSA) is 108 Å². The summed E-state index contributed by atoms with van der Waals surface area (Å²) in [6.07, 6.45) is 1.48. The summed E-state index contributed by atoms with van der Waals surface area (Å²) < 4.78 is 18.8. The highest BCUT2D eigenvalue weighted by Gasteiger charge is 2.18. The number of carbonyl (C=O) groups excluding carboxylic acids is 1. The van der Waals surface area contributed by atoms with E-state index in [0.717, 1.165) is 5.39 Å². The summed E-state index contributed by atoms with van der Waals surface area (Å²) >= 11 is 6.58. The first-order chi connectivity index (χ1) is 21.0. The van der Waals surface area contributed by atoms with Gasteiger partial charge >= 0.3 is 0 Å². The molecule has 0 saturated carbocycles. The number of carbonyl (C=O) groups is 1. The molecule has 4 aromatic carbocycles. The van der Waals surface area contributed by atoms with Crippen molar-refractivity contribution in [2.45, 2.75) is 6.92 Å². The SMILES string of the molecule is CCOc1cc(C=Nn2c(-c3cc4ccccc4o3)nc3ccccc3c2=O)cc(Cl)c1OCC(=O)Nc1ccccc1. The van der Waals surface area contributed by atoms with Gasteiger partial charge in [0.15, 0.2) is 23.9 Å². The van der Waals surface area contributed by atoms with Crippen molar-refractivity contribution in [3.63, 3.8) is 0 Å². The van der Waals surface area contributed by atoms with E-state index in [1.54, 1.807) is 42.5 Å². The van der Waals surface area contributed by atoms with Crippen LogP contribution in [-0.2, 0) is 4.79 Å². The highest BCUT2D eigenvalue weighted by Crippen LogP contribution is 2.36. The van der Waals surface area contributed by atoms with Gasteiger partial charge in [-0.25, -0.2) is 4.98 Å². The second-order valence-electron chi connectivity index (χ2n) is 9.43. The molecule has 0 aliphatic rings. The standard InChI is InChI=1S/C33H25ClN4O5/c1-2-41-28-17-21(16-25(34)31(28)42-20-30(39)36-23-11-4-3-5-12-23)19-35-38-32(29-18-22-10-6-9-15-27(22)43-29)37-26-14-8-7-13-24(26)33(38)40/h3-19H,2,20H2,1H3,(H,36,39). The number of ether oxygens (including phenoxy) is 2. The highest BCUT2D eigenvalue weighted by atomic mass is 35.5. The maximum atomic E-state index is 13.6. The molecule has 0 aliphatic heterocycles. The molecule has 214 valence electrons. The number of hydrogen-bond acceptors (Lipinski definition) is 7. The zero-order valence-electron chi connectivity index (χ0n) is 23.0. The highest BCUT2D eigenvalue weighted by molar-refractivity contribution is 6.32. The van der Waals surface area contributed by atoms with Gasteiger partial charge in [-0.1, -0.05) is 60.1 Å². The van der Waals surface area contributed by atoms with Gasteiger partial charge in [0.1, 0.15) is 5.58 Å². The van der Waals surface area contributed by atoms with Gasteiger partial charge < -0.3 is 19.2 Å². The Morgan fingerprint density at radius 1 is 1.00 bits per heavy atom. The van der Waals surface area contributed by atoms with E-state index in [9.17, 15) is 9.59 Å². The average molecular weight is 593 g/mol. The lowest BCUT2D eigenvalue weighted by Crippen LogP contribution is -2.20. The first-order valence-electron chi connectivity index (χ1n) is 13.5. The van der Waals surface area contributed by atoms with Crippen LogP contribution in [0, 0.1) is 0 Å². The van der Waals surface area contributed by atoms with E-state index in [1.165, 1.54) is 10.9 Å². The molecule has 0 saturated heterocycles. The molecule has 6 rings (SSSR count). The summed E-state index contributed by atoms with van der Waals surface area (Å²) in [4.78, 5) is 30.7. The Hall–Kier alpha value is -5.41. The van der Waals surface area contributed by atoms with Crippen molar-refractivity contribution in [3.05, 3.63) is 118 Å². The van der Waals surface area contributed by atoms with Crippen LogP contribution in [0.2, 0.25) is 5.02 Å². The van der Waals surface area contributed by atoms with Crippen molar-refractivity contribution in [1.82, 2.24) is 9.66 Å². The molecule has 0 fully saturated rings. The Kier molecular flexibility index (Phi) is 7.88. The Balaban J connectivity index is 1.33. The van der Waals surface area contributed by atoms with Crippen molar-refractivity contribution >= 4 is 51.3 Å². The molecule has 0 bridgehead atoms. The number of halogens is 1. The molecule has 10 heteroatoms. The number of furan rings is 1. The van der Waals surface area contributed by atoms with Gasteiger partial charge in [0.25, 0.3) is 11.5 Å². The second-order valence-corrected chi connectivity index (χ2v) is 9.84. The molecule has 0 spiro atoms. The summed E-state index contributed by atoms with van der Waals surface area (Å²) in [5, 5.41) is 8.76. The predicted molar refractivity (Wildman–Crippen MR) is 167 cm³/mol. The monoisotopic (exact) mass is 592 g/mol. The number of nitrogens with zero attached hydrogens (tertiary/aromatic N) is 3. The third-order valence-corrected chi connectivity index (χ3v) is 6.74. The van der Waals surface area contributed by atoms with Crippen LogP contribution < -0.4 is 20.3 Å². The van der Waals surface area contributed by atoms with Crippen LogP contribution in [0.1, 0.15) is 12.5 Å². The molecule has 0 unspecified atom stereocenters. The molecule has 0 atom stereocenters. The number of fused-ring (bicyclic) bond motifs is 2. The van der Waals surface area contributed by atoms with Crippen molar-refractivity contribution in [2.24, 2.45) is 5.10 Å². The van der Waals surface area contributed by atoms with Crippen molar-refractivity contribution in [1.29, 1.82) is 0 Å². The second kappa shape index (κ2) is 12.2. The lowest BCUT2D eigenvalue weighted by molar-refractivity contribution is -0.118. The summed E-state index contributed by atoms with van der Waals surface area (Å²) in [6.45, 7) is 1.87. The minimum atomic E-state index is -0.363. The number of rotatable bonds is 9. The Morgan fingerprint density at radius 2 is 1.77 bits per heavy atom. The van der Waals surface area contributed by atoms with E-state index in [1.807, 2.05) is 61.5 Å². The lowest BCUT2D eigenvalue weighted by Gasteiger charge is -2.14. The molecule has 0 aliphatic carbocycles. The van der Waals surface area contributed by atoms with E-state index in [2.05, 4.69) is 10.4 Å². The van der Waals surface area contributed by atoms with E-state index in [4.69, 9.17) is 30.5 Å². The number of anilines is 1. The van der Waals surface area contributed by atoms with E-state index >= 15 is 0 Å². The van der Waals surface area contributed by atoms with Crippen LogP contribution in [-0.4, -0.2) is 35.0 Å². The molecule has 9 nitrogen and oxygen atoms in total. The smallest absolute Gasteiger partial charge is 0.282 e. The minimum Gasteiger partial charge on any atom is -0.490 e. The fourth-order valence-electron chi connectivity index (χ4n) is 4.53. The molecular formula is C33H25ClN4O5. The first-order valence-corrected chi connectivity index (χ1v) is 13.9. The Morgan fingerprint density at radius 3 is 2.58 bits per heavy atom. The third-order valence-electron chi connectivity index (χ3n) is 6.46. The van der Waals surface area contributed by atoms with Crippen LogP contribution in [0.25, 0.3) is 33.5 Å². The number of aromatic nitrogens is 2. The van der Waals surface area contributed by atoms with Gasteiger partial charge in [-0.2, -0.15) is 9.78 Å². The maximum Gasteiger partial charge on any atom is 0.282 e. The number of amides is 1. The van der Waals surface area contributed by atoms with Crippen LogP contribution in [0.15, 0.2) is 111 Å². The van der Waals surface area contributed by atoms with Crippen LogP contribution in [0.3, 0.4) is 0 Å². The van der Waals surface area contributed by atoms with Gasteiger partial charge in [0, 0.05) is 11.1 Å². The third kappa shape index (κ3) is 5.98. The first kappa shape index (κ1) is 27.7. The van der Waals surface area contributed by atoms with Gasteiger partial charge in [-0.05, 0) is 61.0 Å². The van der Waals surface area contributed by atoms with Gasteiger partial charge in [-0.3, -0.25) is 9.59 Å². The lowest BCUT2D eigenvalue weighted by atomic mass is 10.2. The summed E-state index contributed by atoms with van der Waals surface area (Å²) in [5.41, 5.74) is 2.01. The van der Waals surface area contributed by atoms with E-state index in [-0.39, 0.29) is 34.7 Å². The predicted octanol–water partition coefficient (Wildman–Crippen LogP) is 6.76. The van der Waals surface area contributed by atoms with Gasteiger partial charge in [0.05, 0.1) is 28.7 Å². The van der Waals surface area contributed by atoms with Crippen LogP contribution >= 0.6 is 11.6 Å². The largest absolute Gasteiger partial charge is 0.490 e. The number of benzene rings is 4. The van der Waals surface area contributed by atoms with Crippen LogP contribution in [0.4, 0.5) is 5.69 Å². The summed E-state index contributed by atoms with van der Waals surface area (Å²) in [7, 11) is 0. The van der Waals surface area contributed by atoms with E-state index in [0.29, 0.717) is 45.9 Å². The zero-order chi connectivity index (χ0) is 29.8. The fourth-order valence-corrected chi connectivity index (χ4v) is 4.80. The molecule has 1 amide bonds. The van der Waals surface area contributed by atoms with Gasteiger partial charge in [-0.15, -0.1) is 0 Å². The molecule has 0 radical (unpaired) electrons. The number of para-hydroxylation sites is 3. The zero-order valence-corrected chi connectivity index (χ0v) is 23.7. The van der Waals surface area contributed by atoms with Crippen molar-refractivity contribution in [2.75, 3.05) is 18.5 Å². The Bertz CT molecular complexity index is 2000. The molecule has 1 N–H and O–H groups in total. The summed E-state index contributed by atoms with van der Waals surface area (Å²) in [5.74, 6) is 0.835. The molecule has 43 heavy (non-hydrogen) atoms. The summed E-state index contributed by atoms with van der Waals surface area (Å²) in [6, 6.07) is 28.8. The molecule has 2 heterocycles. The minimum absolute atomic E-state index is 0.210. The molecule has 2 aromatic heterocycles. The van der Waals surface area contributed by atoms with Crippen LogP contribution in [0.5, 0.6) is 11.5 Å². The van der Waals surface area contributed by atoms with Crippen molar-refractivity contribution in [3.8, 4) is 23.1 Å². The van der Waals surface area contributed by atoms with Crippen molar-refractivity contribution < 1.29 is 18.7 Å². The van der Waals surface area contributed by atoms with E-state index < -0.39 is 0 Å². The molecular weight excluding hydrogens is 568 g/mol. The Labute approximate surface area is 251 Å². The fraction of sp³-hybridized carbons (Fsp3) is 0.0909. The number of hydrogen-bond donors (Lipinski definition) is 1. The quantitative estimate of drug-likeness (QED) is 0.186. The number of nitrogens with one attached hydrogen (secondary N) is 1. The average Bonchev–Trinajstić information content (AvgIpc) is 3.45. The van der Waals surface area contributed by atoms with Gasteiger partial charge in [0.2, 0.25) is 5.82 Å². The molecule has 6 aromatic rings.